The third kappa shape index (κ3) is 5.13. The van der Waals surface area contributed by atoms with E-state index >= 15 is 0 Å². The molecule has 0 radical (unpaired) electrons. The highest BCUT2D eigenvalue weighted by molar-refractivity contribution is 5.76. The first kappa shape index (κ1) is 17.1. The van der Waals surface area contributed by atoms with Gasteiger partial charge in [0.25, 0.3) is 0 Å². The Hall–Kier alpha value is -2.30. The van der Waals surface area contributed by atoms with Crippen LogP contribution in [0, 0.1) is 0 Å². The zero-order chi connectivity index (χ0) is 16.7. The third-order valence-corrected chi connectivity index (χ3v) is 4.07. The highest BCUT2D eigenvalue weighted by atomic mass is 16.4. The number of aryl methyl sites for hydroxylation is 1. The first-order valence-electron chi connectivity index (χ1n) is 8.13. The minimum Gasteiger partial charge on any atom is -0.481 e. The summed E-state index contributed by atoms with van der Waals surface area (Å²) in [6.45, 7) is 3.82. The van der Waals surface area contributed by atoms with Crippen molar-refractivity contribution in [3.63, 3.8) is 0 Å². The number of carboxylic acid groups (broad SMARTS) is 1. The van der Waals surface area contributed by atoms with Crippen LogP contribution in [0.1, 0.15) is 37.3 Å². The molecule has 0 aromatic heterocycles. The molecule has 5 nitrogen and oxygen atoms in total. The molecule has 0 unspecified atom stereocenters. The summed E-state index contributed by atoms with van der Waals surface area (Å²) in [7, 11) is 0. The van der Waals surface area contributed by atoms with Crippen LogP contribution in [0.25, 0.3) is 5.57 Å². The lowest BCUT2D eigenvalue weighted by Crippen LogP contribution is -2.42. The van der Waals surface area contributed by atoms with Crippen LogP contribution in [0.2, 0.25) is 0 Å². The fourth-order valence-corrected chi connectivity index (χ4v) is 2.62. The lowest BCUT2D eigenvalue weighted by atomic mass is 9.98. The zero-order valence-electron chi connectivity index (χ0n) is 13.5. The molecule has 1 aromatic carbocycles. The minimum atomic E-state index is -0.834. The number of rotatable bonds is 6. The van der Waals surface area contributed by atoms with E-state index in [1.807, 2.05) is 0 Å². The van der Waals surface area contributed by atoms with Crippen molar-refractivity contribution < 1.29 is 14.7 Å². The van der Waals surface area contributed by atoms with E-state index in [0.717, 1.165) is 12.8 Å². The van der Waals surface area contributed by atoms with E-state index in [1.165, 1.54) is 16.7 Å². The standard InChI is InChI=1S/C18H24N2O3/c1-2-14-5-7-15(8-6-14)16-9-12-20(13-10-16)18(23)19-11-3-4-17(21)22/h5-9H,2-4,10-13H2,1H3,(H,19,23)(H,21,22). The SMILES string of the molecule is CCc1ccc(C2=CCN(C(=O)NCCCC(=O)O)CC2)cc1. The number of nitrogens with zero attached hydrogens (tertiary/aromatic N) is 1. The molecule has 0 saturated carbocycles. The summed E-state index contributed by atoms with van der Waals surface area (Å²) in [5, 5.41) is 11.3. The summed E-state index contributed by atoms with van der Waals surface area (Å²) >= 11 is 0. The smallest absolute Gasteiger partial charge is 0.317 e. The Labute approximate surface area is 137 Å². The number of nitrogens with one attached hydrogen (secondary N) is 1. The molecule has 0 saturated heterocycles. The Kier molecular flexibility index (Phi) is 6.20. The average Bonchev–Trinajstić information content (AvgIpc) is 2.58. The molecular formula is C18H24N2O3. The minimum absolute atomic E-state index is 0.0814. The van der Waals surface area contributed by atoms with Gasteiger partial charge in [-0.2, -0.15) is 0 Å². The van der Waals surface area contributed by atoms with Gasteiger partial charge in [0.05, 0.1) is 0 Å². The van der Waals surface area contributed by atoms with Crippen LogP contribution >= 0.6 is 0 Å². The number of benzene rings is 1. The van der Waals surface area contributed by atoms with Crippen LogP contribution in [0.5, 0.6) is 0 Å². The highest BCUT2D eigenvalue weighted by Crippen LogP contribution is 2.22. The molecule has 2 amide bonds. The largest absolute Gasteiger partial charge is 0.481 e. The van der Waals surface area contributed by atoms with E-state index in [2.05, 4.69) is 42.6 Å². The van der Waals surface area contributed by atoms with Crippen LogP contribution in [0.15, 0.2) is 30.3 Å². The summed E-state index contributed by atoms with van der Waals surface area (Å²) in [6, 6.07) is 8.47. The predicted molar refractivity (Wildman–Crippen MR) is 90.3 cm³/mol. The second-order valence-corrected chi connectivity index (χ2v) is 5.71. The van der Waals surface area contributed by atoms with Gasteiger partial charge in [0.1, 0.15) is 0 Å². The Morgan fingerprint density at radius 1 is 1.26 bits per heavy atom. The summed E-state index contributed by atoms with van der Waals surface area (Å²) in [5.41, 5.74) is 3.83. The van der Waals surface area contributed by atoms with Gasteiger partial charge in [0.15, 0.2) is 0 Å². The Balaban J connectivity index is 1.82. The average molecular weight is 316 g/mol. The molecule has 23 heavy (non-hydrogen) atoms. The number of carboxylic acids is 1. The molecule has 5 heteroatoms. The summed E-state index contributed by atoms with van der Waals surface area (Å²) in [5.74, 6) is -0.834. The summed E-state index contributed by atoms with van der Waals surface area (Å²) in [4.78, 5) is 24.2. The summed E-state index contributed by atoms with van der Waals surface area (Å²) in [6.07, 6.45) is 4.52. The second-order valence-electron chi connectivity index (χ2n) is 5.71. The first-order valence-corrected chi connectivity index (χ1v) is 8.13. The third-order valence-electron chi connectivity index (χ3n) is 4.07. The van der Waals surface area contributed by atoms with E-state index in [9.17, 15) is 9.59 Å². The number of hydrogen-bond donors (Lipinski definition) is 2. The second kappa shape index (κ2) is 8.36. The van der Waals surface area contributed by atoms with Crippen molar-refractivity contribution in [3.8, 4) is 0 Å². The molecule has 1 aliphatic heterocycles. The predicted octanol–water partition coefficient (Wildman–Crippen LogP) is 2.91. The van der Waals surface area contributed by atoms with Gasteiger partial charge in [0.2, 0.25) is 0 Å². The molecular weight excluding hydrogens is 292 g/mol. The number of urea groups is 1. The Bertz CT molecular complexity index is 578. The normalized spacial score (nSPS) is 14.3. The maximum atomic E-state index is 12.0. The van der Waals surface area contributed by atoms with Crippen molar-refractivity contribution in [3.05, 3.63) is 41.5 Å². The van der Waals surface area contributed by atoms with Gasteiger partial charge in [-0.15, -0.1) is 0 Å². The molecule has 0 fully saturated rings. The van der Waals surface area contributed by atoms with Crippen LogP contribution in [-0.2, 0) is 11.2 Å². The van der Waals surface area contributed by atoms with Crippen LogP contribution in [0.4, 0.5) is 4.79 Å². The van der Waals surface area contributed by atoms with Gasteiger partial charge < -0.3 is 15.3 Å². The van der Waals surface area contributed by atoms with Crippen molar-refractivity contribution in [2.24, 2.45) is 0 Å². The quantitative estimate of drug-likeness (QED) is 0.793. The van der Waals surface area contributed by atoms with Crippen LogP contribution < -0.4 is 5.32 Å². The lowest BCUT2D eigenvalue weighted by molar-refractivity contribution is -0.137. The van der Waals surface area contributed by atoms with Gasteiger partial charge in [-0.1, -0.05) is 37.3 Å². The van der Waals surface area contributed by atoms with Gasteiger partial charge in [-0.3, -0.25) is 4.79 Å². The van der Waals surface area contributed by atoms with Gasteiger partial charge in [0, 0.05) is 26.1 Å². The van der Waals surface area contributed by atoms with E-state index < -0.39 is 5.97 Å². The molecule has 1 aliphatic rings. The number of carbonyl (C=O) groups is 2. The monoisotopic (exact) mass is 316 g/mol. The first-order chi connectivity index (χ1) is 11.1. The maximum Gasteiger partial charge on any atom is 0.317 e. The van der Waals surface area contributed by atoms with Crippen LogP contribution in [0.3, 0.4) is 0 Å². The molecule has 1 heterocycles. The number of carbonyl (C=O) groups excluding carboxylic acids is 1. The number of amides is 2. The van der Waals surface area contributed by atoms with E-state index in [1.54, 1.807) is 4.90 Å². The van der Waals surface area contributed by atoms with Gasteiger partial charge >= 0.3 is 12.0 Å². The molecule has 2 rings (SSSR count). The van der Waals surface area contributed by atoms with Crippen molar-refractivity contribution >= 4 is 17.6 Å². The number of hydrogen-bond acceptors (Lipinski definition) is 2. The van der Waals surface area contributed by atoms with Crippen molar-refractivity contribution in [2.45, 2.75) is 32.6 Å². The Morgan fingerprint density at radius 3 is 2.57 bits per heavy atom. The molecule has 124 valence electrons. The molecule has 2 N–H and O–H groups in total. The van der Waals surface area contributed by atoms with Crippen molar-refractivity contribution in [2.75, 3.05) is 19.6 Å². The van der Waals surface area contributed by atoms with E-state index in [0.29, 0.717) is 26.1 Å². The molecule has 0 aliphatic carbocycles. The van der Waals surface area contributed by atoms with E-state index in [-0.39, 0.29) is 12.5 Å². The Morgan fingerprint density at radius 2 is 2.00 bits per heavy atom. The maximum absolute atomic E-state index is 12.0. The molecule has 0 spiro atoms. The van der Waals surface area contributed by atoms with Gasteiger partial charge in [-0.25, -0.2) is 4.79 Å². The van der Waals surface area contributed by atoms with Crippen LogP contribution in [-0.4, -0.2) is 41.6 Å². The van der Waals surface area contributed by atoms with Gasteiger partial charge in [-0.05, 0) is 36.0 Å². The highest BCUT2D eigenvalue weighted by Gasteiger charge is 2.17. The topological polar surface area (TPSA) is 69.6 Å². The number of aliphatic carboxylic acids is 1. The molecule has 0 bridgehead atoms. The van der Waals surface area contributed by atoms with Crippen molar-refractivity contribution in [1.29, 1.82) is 0 Å². The zero-order valence-corrected chi connectivity index (χ0v) is 13.5. The fraction of sp³-hybridized carbons (Fsp3) is 0.444. The molecule has 1 aromatic rings. The van der Waals surface area contributed by atoms with E-state index in [4.69, 9.17) is 5.11 Å². The summed E-state index contributed by atoms with van der Waals surface area (Å²) < 4.78 is 0. The molecule has 0 atom stereocenters. The fourth-order valence-electron chi connectivity index (χ4n) is 2.62. The lowest BCUT2D eigenvalue weighted by Gasteiger charge is -2.27. The van der Waals surface area contributed by atoms with Crippen molar-refractivity contribution in [1.82, 2.24) is 10.2 Å².